The molecule has 0 fully saturated rings. The molecule has 1 aliphatic heterocycles. The summed E-state index contributed by atoms with van der Waals surface area (Å²) in [6.45, 7) is 0. The first-order valence-electron chi connectivity index (χ1n) is 9.52. The summed E-state index contributed by atoms with van der Waals surface area (Å²) in [5.74, 6) is -1.04. The number of hydrogen-bond donors (Lipinski definition) is 0. The number of ether oxygens (including phenoxy) is 2. The molecule has 4 rings (SSSR count). The predicted octanol–water partition coefficient (Wildman–Crippen LogP) is 2.70. The summed E-state index contributed by atoms with van der Waals surface area (Å²) >= 11 is 0. The van der Waals surface area contributed by atoms with Crippen molar-refractivity contribution in [1.82, 2.24) is 0 Å². The van der Waals surface area contributed by atoms with E-state index in [-0.39, 0.29) is 11.1 Å². The summed E-state index contributed by atoms with van der Waals surface area (Å²) < 4.78 is 9.83. The second-order valence-corrected chi connectivity index (χ2v) is 11.3. The van der Waals surface area contributed by atoms with Crippen molar-refractivity contribution in [2.45, 2.75) is 12.1 Å². The van der Waals surface area contributed by atoms with E-state index in [0.29, 0.717) is 0 Å². The number of carbonyl (C=O) groups is 2. The number of carbonyl (C=O) groups excluding carboxylic acids is 2. The van der Waals surface area contributed by atoms with Crippen molar-refractivity contribution in [3.05, 3.63) is 95.1 Å². The summed E-state index contributed by atoms with van der Waals surface area (Å²) in [5.41, 5.74) is 2.75. The van der Waals surface area contributed by atoms with Crippen LogP contribution in [0.15, 0.2) is 72.8 Å². The number of methoxy groups -OCH3 is 2. The molecule has 0 spiro atoms. The van der Waals surface area contributed by atoms with Gasteiger partial charge in [0.05, 0.1) is 25.3 Å². The molecule has 0 unspecified atom stereocenters. The van der Waals surface area contributed by atoms with Gasteiger partial charge in [0.15, 0.2) is 0 Å². The Kier molecular flexibility index (Phi) is 5.07. The second-order valence-electron chi connectivity index (χ2n) is 7.32. The molecule has 3 aromatic rings. The average Bonchev–Trinajstić information content (AvgIpc) is 3.18. The van der Waals surface area contributed by atoms with Gasteiger partial charge in [0, 0.05) is 0 Å². The summed E-state index contributed by atoms with van der Waals surface area (Å²) in [5, 5.41) is 2.70. The molecule has 4 nitrogen and oxygen atoms in total. The molecule has 3 aromatic carbocycles. The number of benzene rings is 3. The molecule has 0 radical (unpaired) electrons. The Bertz CT molecular complexity index is 974. The molecule has 0 amide bonds. The van der Waals surface area contributed by atoms with Crippen LogP contribution in [-0.4, -0.2) is 34.2 Å². The average molecular weight is 403 g/mol. The molecule has 1 heterocycles. The normalized spacial score (nSPS) is 14.1. The minimum Gasteiger partial charge on any atom is -0.465 e. The third-order valence-corrected chi connectivity index (χ3v) is 10.6. The molecule has 0 aromatic heterocycles. The minimum atomic E-state index is -2.13. The minimum absolute atomic E-state index is 0.268. The topological polar surface area (TPSA) is 52.6 Å². The van der Waals surface area contributed by atoms with Crippen molar-refractivity contribution in [3.63, 3.8) is 0 Å². The maximum Gasteiger partial charge on any atom is 0.338 e. The Labute approximate surface area is 171 Å². The monoisotopic (exact) mass is 402 g/mol. The smallest absolute Gasteiger partial charge is 0.338 e. The lowest BCUT2D eigenvalue weighted by atomic mass is 10.00. The van der Waals surface area contributed by atoms with Crippen molar-refractivity contribution in [3.8, 4) is 0 Å². The fourth-order valence-electron chi connectivity index (χ4n) is 4.38. The van der Waals surface area contributed by atoms with Crippen molar-refractivity contribution in [2.75, 3.05) is 14.2 Å². The van der Waals surface area contributed by atoms with Crippen molar-refractivity contribution in [2.24, 2.45) is 0 Å². The second kappa shape index (κ2) is 7.68. The summed E-state index contributed by atoms with van der Waals surface area (Å²) in [6, 6.07) is 26.6. The molecular weight excluding hydrogens is 380 g/mol. The van der Waals surface area contributed by atoms with E-state index in [2.05, 4.69) is 48.5 Å². The van der Waals surface area contributed by atoms with Crippen LogP contribution in [0.2, 0.25) is 0 Å². The van der Waals surface area contributed by atoms with E-state index in [1.165, 1.54) is 24.6 Å². The highest BCUT2D eigenvalue weighted by atomic mass is 28.3. The van der Waals surface area contributed by atoms with Gasteiger partial charge in [-0.25, -0.2) is 9.59 Å². The first kappa shape index (κ1) is 19.1. The van der Waals surface area contributed by atoms with Crippen molar-refractivity contribution in [1.29, 1.82) is 0 Å². The van der Waals surface area contributed by atoms with E-state index in [4.69, 9.17) is 9.47 Å². The summed E-state index contributed by atoms with van der Waals surface area (Å²) in [7, 11) is 0.517. The van der Waals surface area contributed by atoms with Gasteiger partial charge in [0.2, 0.25) is 0 Å². The molecular formula is C24H22O4Si. The lowest BCUT2D eigenvalue weighted by Gasteiger charge is -2.28. The van der Waals surface area contributed by atoms with Gasteiger partial charge >= 0.3 is 11.9 Å². The first-order valence-corrected chi connectivity index (χ1v) is 11.9. The van der Waals surface area contributed by atoms with E-state index >= 15 is 0 Å². The van der Waals surface area contributed by atoms with Crippen LogP contribution in [0.4, 0.5) is 0 Å². The molecule has 1 aliphatic rings. The molecule has 5 heteroatoms. The quantitative estimate of drug-likeness (QED) is 0.497. The highest BCUT2D eigenvalue weighted by Gasteiger charge is 2.43. The third kappa shape index (κ3) is 3.27. The highest BCUT2D eigenvalue weighted by molar-refractivity contribution is 7.02. The van der Waals surface area contributed by atoms with Crippen LogP contribution in [0.25, 0.3) is 0 Å². The van der Waals surface area contributed by atoms with Crippen LogP contribution < -0.4 is 10.4 Å². The Morgan fingerprint density at radius 1 is 0.690 bits per heavy atom. The number of fused-ring (bicyclic) bond motifs is 1. The standard InChI is InChI=1S/C24H22O4Si/c1-27-23(25)21-13-17-15-29(19-9-5-3-6-10-19,20-11-7-4-8-12-20)16-18(17)14-22(21)24(26)28-2/h3-14H,15-16H2,1-2H3. The van der Waals surface area contributed by atoms with E-state index in [0.717, 1.165) is 23.2 Å². The van der Waals surface area contributed by atoms with Crippen molar-refractivity contribution >= 4 is 30.4 Å². The van der Waals surface area contributed by atoms with E-state index in [1.807, 2.05) is 24.3 Å². The SMILES string of the molecule is COC(=O)c1cc2c(cc1C(=O)OC)C[Si](c1ccccc1)(c1ccccc1)C2. The van der Waals surface area contributed by atoms with Crippen LogP contribution in [-0.2, 0) is 21.6 Å². The first-order chi connectivity index (χ1) is 14.1. The molecule has 0 saturated carbocycles. The van der Waals surface area contributed by atoms with Gasteiger partial charge in [0.25, 0.3) is 0 Å². The maximum atomic E-state index is 12.3. The van der Waals surface area contributed by atoms with E-state index in [9.17, 15) is 9.59 Å². The van der Waals surface area contributed by atoms with Gasteiger partial charge in [-0.3, -0.25) is 0 Å². The number of hydrogen-bond acceptors (Lipinski definition) is 4. The Hall–Kier alpha value is -3.18. The zero-order chi connectivity index (χ0) is 20.4. The molecule has 0 atom stereocenters. The van der Waals surface area contributed by atoms with Crippen LogP contribution in [0.1, 0.15) is 31.8 Å². The molecule has 0 saturated heterocycles. The number of rotatable bonds is 4. The molecule has 0 bridgehead atoms. The van der Waals surface area contributed by atoms with Gasteiger partial charge in [0.1, 0.15) is 8.07 Å². The zero-order valence-corrected chi connectivity index (χ0v) is 17.5. The lowest BCUT2D eigenvalue weighted by Crippen LogP contribution is -2.60. The highest BCUT2D eigenvalue weighted by Crippen LogP contribution is 2.32. The van der Waals surface area contributed by atoms with Crippen LogP contribution in [0, 0.1) is 0 Å². The zero-order valence-electron chi connectivity index (χ0n) is 16.5. The van der Waals surface area contributed by atoms with Crippen LogP contribution in [0.5, 0.6) is 0 Å². The van der Waals surface area contributed by atoms with Gasteiger partial charge in [-0.15, -0.1) is 0 Å². The molecule has 146 valence electrons. The van der Waals surface area contributed by atoms with Gasteiger partial charge in [-0.2, -0.15) is 0 Å². The maximum absolute atomic E-state index is 12.3. The van der Waals surface area contributed by atoms with Crippen LogP contribution in [0.3, 0.4) is 0 Å². The number of esters is 2. The van der Waals surface area contributed by atoms with E-state index < -0.39 is 20.0 Å². The lowest BCUT2D eigenvalue weighted by molar-refractivity contribution is 0.0555. The third-order valence-electron chi connectivity index (χ3n) is 5.79. The fraction of sp³-hybridized carbons (Fsp3) is 0.167. The van der Waals surface area contributed by atoms with E-state index in [1.54, 1.807) is 0 Å². The van der Waals surface area contributed by atoms with Crippen LogP contribution >= 0.6 is 0 Å². The molecule has 29 heavy (non-hydrogen) atoms. The molecule has 0 N–H and O–H groups in total. The Balaban J connectivity index is 1.89. The van der Waals surface area contributed by atoms with Crippen molar-refractivity contribution < 1.29 is 19.1 Å². The molecule has 0 aliphatic carbocycles. The Morgan fingerprint density at radius 2 is 1.07 bits per heavy atom. The summed E-state index contributed by atoms with van der Waals surface area (Å²) in [6.07, 6.45) is 0. The van der Waals surface area contributed by atoms with Gasteiger partial charge < -0.3 is 9.47 Å². The fourth-order valence-corrected chi connectivity index (χ4v) is 9.27. The predicted molar refractivity (Wildman–Crippen MR) is 114 cm³/mol. The van der Waals surface area contributed by atoms with Gasteiger partial charge in [-0.05, 0) is 35.3 Å². The largest absolute Gasteiger partial charge is 0.465 e. The Morgan fingerprint density at radius 3 is 1.41 bits per heavy atom. The van der Waals surface area contributed by atoms with Gasteiger partial charge in [-0.1, -0.05) is 71.0 Å². The summed E-state index contributed by atoms with van der Waals surface area (Å²) in [4.78, 5) is 24.7.